The fourth-order valence-electron chi connectivity index (χ4n) is 3.45. The summed E-state index contributed by atoms with van der Waals surface area (Å²) in [7, 11) is 0. The molecule has 5 heteroatoms. The molecule has 1 amide bonds. The van der Waals surface area contributed by atoms with Crippen LogP contribution in [0.3, 0.4) is 0 Å². The highest BCUT2D eigenvalue weighted by molar-refractivity contribution is 5.82. The lowest BCUT2D eigenvalue weighted by Gasteiger charge is -2.32. The van der Waals surface area contributed by atoms with Crippen LogP contribution < -0.4 is 0 Å². The number of carbonyl (C=O) groups excluding carboxylic acids is 2. The molecule has 3 unspecified atom stereocenters. The van der Waals surface area contributed by atoms with Crippen LogP contribution in [0.4, 0.5) is 4.79 Å². The Labute approximate surface area is 126 Å². The number of likely N-dealkylation sites (tertiary alicyclic amines) is 1. The monoisotopic (exact) mass is 295 g/mol. The molecule has 3 atom stereocenters. The molecule has 0 aromatic carbocycles. The second kappa shape index (κ2) is 6.96. The van der Waals surface area contributed by atoms with Crippen molar-refractivity contribution in [2.75, 3.05) is 6.61 Å². The minimum atomic E-state index is -0.502. The van der Waals surface area contributed by atoms with E-state index in [4.69, 9.17) is 9.47 Å². The third-order valence-electron chi connectivity index (χ3n) is 4.25. The summed E-state index contributed by atoms with van der Waals surface area (Å²) < 4.78 is 10.5. The van der Waals surface area contributed by atoms with Crippen LogP contribution in [0.15, 0.2) is 12.7 Å². The van der Waals surface area contributed by atoms with Crippen LogP contribution >= 0.6 is 0 Å². The summed E-state index contributed by atoms with van der Waals surface area (Å²) in [6.45, 7) is 7.35. The van der Waals surface area contributed by atoms with E-state index in [0.29, 0.717) is 12.3 Å². The Morgan fingerprint density at radius 3 is 2.71 bits per heavy atom. The zero-order valence-electron chi connectivity index (χ0n) is 12.9. The first-order valence-electron chi connectivity index (χ1n) is 7.81. The largest absolute Gasteiger partial charge is 0.461 e. The van der Waals surface area contributed by atoms with Crippen molar-refractivity contribution in [3.05, 3.63) is 12.7 Å². The van der Waals surface area contributed by atoms with Gasteiger partial charge in [-0.1, -0.05) is 25.5 Å². The first-order chi connectivity index (χ1) is 10.0. The number of carbonyl (C=O) groups is 2. The van der Waals surface area contributed by atoms with Crippen LogP contribution in [0.25, 0.3) is 0 Å². The van der Waals surface area contributed by atoms with Crippen LogP contribution in [-0.4, -0.2) is 41.8 Å². The number of esters is 1. The third kappa shape index (κ3) is 3.57. The van der Waals surface area contributed by atoms with E-state index < -0.39 is 12.1 Å². The van der Waals surface area contributed by atoms with Crippen LogP contribution in [-0.2, 0) is 14.3 Å². The van der Waals surface area contributed by atoms with Crippen molar-refractivity contribution in [2.24, 2.45) is 5.92 Å². The second-order valence-electron chi connectivity index (χ2n) is 6.12. The number of amides is 1. The van der Waals surface area contributed by atoms with Crippen LogP contribution in [0, 0.1) is 5.92 Å². The van der Waals surface area contributed by atoms with Crippen molar-refractivity contribution in [1.29, 1.82) is 0 Å². The normalized spacial score (nSPS) is 28.1. The van der Waals surface area contributed by atoms with Gasteiger partial charge in [0.05, 0.1) is 6.10 Å². The van der Waals surface area contributed by atoms with Gasteiger partial charge < -0.3 is 9.47 Å². The number of hydrogen-bond acceptors (Lipinski definition) is 4. The summed E-state index contributed by atoms with van der Waals surface area (Å²) in [5, 5.41) is 0. The summed E-state index contributed by atoms with van der Waals surface area (Å²) >= 11 is 0. The molecule has 1 aliphatic carbocycles. The smallest absolute Gasteiger partial charge is 0.411 e. The molecule has 2 fully saturated rings. The van der Waals surface area contributed by atoms with Gasteiger partial charge in [0.15, 0.2) is 0 Å². The molecular weight excluding hydrogens is 270 g/mol. The summed E-state index contributed by atoms with van der Waals surface area (Å²) in [6, 6.07) is -0.390. The first kappa shape index (κ1) is 15.9. The van der Waals surface area contributed by atoms with Crippen molar-refractivity contribution in [1.82, 2.24) is 4.90 Å². The average molecular weight is 295 g/mol. The van der Waals surface area contributed by atoms with Crippen molar-refractivity contribution in [3.63, 3.8) is 0 Å². The molecule has 0 N–H and O–H groups in total. The molecule has 0 spiro atoms. The maximum Gasteiger partial charge on any atom is 0.411 e. The van der Waals surface area contributed by atoms with Crippen molar-refractivity contribution in [3.8, 4) is 0 Å². The Morgan fingerprint density at radius 1 is 1.33 bits per heavy atom. The lowest BCUT2D eigenvalue weighted by atomic mass is 9.85. The third-order valence-corrected chi connectivity index (χ3v) is 4.25. The highest BCUT2D eigenvalue weighted by Gasteiger charge is 2.49. The number of hydrogen-bond donors (Lipinski definition) is 0. The van der Waals surface area contributed by atoms with Gasteiger partial charge >= 0.3 is 12.1 Å². The molecule has 0 aromatic rings. The fraction of sp³-hybridized carbons (Fsp3) is 0.750. The molecule has 118 valence electrons. The van der Waals surface area contributed by atoms with Gasteiger partial charge in [-0.2, -0.15) is 0 Å². The van der Waals surface area contributed by atoms with Crippen LogP contribution in [0.2, 0.25) is 0 Å². The van der Waals surface area contributed by atoms with Gasteiger partial charge in [-0.3, -0.25) is 4.90 Å². The fourth-order valence-corrected chi connectivity index (χ4v) is 3.45. The minimum absolute atomic E-state index is 0.112. The molecule has 2 rings (SSSR count). The summed E-state index contributed by atoms with van der Waals surface area (Å²) in [5.41, 5.74) is 0. The molecule has 1 saturated heterocycles. The van der Waals surface area contributed by atoms with Crippen molar-refractivity contribution in [2.45, 2.75) is 64.1 Å². The van der Waals surface area contributed by atoms with Crippen LogP contribution in [0.5, 0.6) is 0 Å². The molecule has 21 heavy (non-hydrogen) atoms. The number of rotatable bonds is 4. The second-order valence-corrected chi connectivity index (χ2v) is 6.12. The Kier molecular flexibility index (Phi) is 5.26. The van der Waals surface area contributed by atoms with E-state index >= 15 is 0 Å². The highest BCUT2D eigenvalue weighted by atomic mass is 16.6. The molecule has 0 bridgehead atoms. The predicted molar refractivity (Wildman–Crippen MR) is 78.8 cm³/mol. The molecule has 1 saturated carbocycles. The molecule has 2 aliphatic rings. The number of nitrogens with zero attached hydrogens (tertiary/aromatic N) is 1. The van der Waals surface area contributed by atoms with E-state index in [1.54, 1.807) is 4.90 Å². The molecule has 0 aromatic heterocycles. The van der Waals surface area contributed by atoms with Gasteiger partial charge in [0.1, 0.15) is 12.6 Å². The Bertz CT molecular complexity index is 407. The van der Waals surface area contributed by atoms with Crippen LogP contribution in [0.1, 0.15) is 46.0 Å². The van der Waals surface area contributed by atoms with Gasteiger partial charge in [-0.25, -0.2) is 9.59 Å². The van der Waals surface area contributed by atoms with Crippen molar-refractivity contribution >= 4 is 12.1 Å². The van der Waals surface area contributed by atoms with Crippen molar-refractivity contribution < 1.29 is 19.1 Å². The molecule has 5 nitrogen and oxygen atoms in total. The summed E-state index contributed by atoms with van der Waals surface area (Å²) in [5.74, 6) is 0.0784. The van der Waals surface area contributed by atoms with E-state index in [1.165, 1.54) is 12.5 Å². The quantitative estimate of drug-likeness (QED) is 0.591. The van der Waals surface area contributed by atoms with E-state index in [2.05, 4.69) is 6.58 Å². The SMILES string of the molecule is C=CCOC(=O)N1C(C(=O)OC(C)C)CC2CCCCC21. The van der Waals surface area contributed by atoms with E-state index in [1.807, 2.05) is 13.8 Å². The molecule has 1 aliphatic heterocycles. The number of fused-ring (bicyclic) bond motifs is 1. The Balaban J connectivity index is 2.13. The first-order valence-corrected chi connectivity index (χ1v) is 7.81. The number of ether oxygens (including phenoxy) is 2. The predicted octanol–water partition coefficient (Wildman–Crippen LogP) is 2.89. The summed E-state index contributed by atoms with van der Waals surface area (Å²) in [4.78, 5) is 26.2. The van der Waals surface area contributed by atoms with E-state index in [0.717, 1.165) is 19.3 Å². The highest BCUT2D eigenvalue weighted by Crippen LogP contribution is 2.40. The van der Waals surface area contributed by atoms with E-state index in [-0.39, 0.29) is 24.7 Å². The molecule has 1 heterocycles. The maximum atomic E-state index is 12.3. The Hall–Kier alpha value is -1.52. The molecule has 0 radical (unpaired) electrons. The maximum absolute atomic E-state index is 12.3. The zero-order valence-corrected chi connectivity index (χ0v) is 12.9. The molecular formula is C16H25NO4. The van der Waals surface area contributed by atoms with E-state index in [9.17, 15) is 9.59 Å². The Morgan fingerprint density at radius 2 is 2.05 bits per heavy atom. The standard InChI is InChI=1S/C16H25NO4/c1-4-9-20-16(19)17-13-8-6-5-7-12(13)10-14(17)15(18)21-11(2)3/h4,11-14H,1,5-10H2,2-3H3. The van der Waals surface area contributed by atoms with Gasteiger partial charge in [-0.15, -0.1) is 0 Å². The lowest BCUT2D eigenvalue weighted by Crippen LogP contribution is -2.47. The average Bonchev–Trinajstić information content (AvgIpc) is 2.83. The lowest BCUT2D eigenvalue weighted by molar-refractivity contribution is -0.152. The topological polar surface area (TPSA) is 55.8 Å². The van der Waals surface area contributed by atoms with Gasteiger partial charge in [-0.05, 0) is 39.0 Å². The van der Waals surface area contributed by atoms with Gasteiger partial charge in [0.25, 0.3) is 0 Å². The van der Waals surface area contributed by atoms with Gasteiger partial charge in [0.2, 0.25) is 0 Å². The minimum Gasteiger partial charge on any atom is -0.461 e. The summed E-state index contributed by atoms with van der Waals surface area (Å²) in [6.07, 6.45) is 5.91. The zero-order chi connectivity index (χ0) is 15.4. The van der Waals surface area contributed by atoms with Gasteiger partial charge in [0, 0.05) is 6.04 Å².